The Labute approximate surface area is 240 Å². The van der Waals surface area contributed by atoms with Gasteiger partial charge in [0, 0.05) is 44.3 Å². The van der Waals surface area contributed by atoms with Crippen LogP contribution in [0.25, 0.3) is 0 Å². The number of carbonyl (C=O) groups excluding carboxylic acids is 3. The summed E-state index contributed by atoms with van der Waals surface area (Å²) in [5.41, 5.74) is 6.10. The fourth-order valence-corrected chi connectivity index (χ4v) is 7.47. The predicted molar refractivity (Wildman–Crippen MR) is 150 cm³/mol. The van der Waals surface area contributed by atoms with E-state index in [1.807, 2.05) is 6.07 Å². The number of nitrogens with zero attached hydrogens (tertiary/aromatic N) is 3. The molecule has 10 nitrogen and oxygen atoms in total. The molecule has 0 spiro atoms. The van der Waals surface area contributed by atoms with Crippen molar-refractivity contribution in [2.45, 2.75) is 76.2 Å². The van der Waals surface area contributed by atoms with E-state index in [0.29, 0.717) is 23.4 Å². The van der Waals surface area contributed by atoms with Crippen LogP contribution in [0, 0.1) is 23.6 Å². The van der Waals surface area contributed by atoms with Gasteiger partial charge in [0.2, 0.25) is 11.8 Å². The lowest BCUT2D eigenvalue weighted by atomic mass is 9.97. The summed E-state index contributed by atoms with van der Waals surface area (Å²) in [5.74, 6) is -0.495. The zero-order chi connectivity index (χ0) is 29.1. The van der Waals surface area contributed by atoms with Gasteiger partial charge in [0.25, 0.3) is 0 Å². The Balaban J connectivity index is 1.09. The molecule has 0 aromatic heterocycles. The first-order valence-corrected chi connectivity index (χ1v) is 14.9. The number of nitrogens with two attached hydrogens (primary N) is 1. The van der Waals surface area contributed by atoms with E-state index in [9.17, 15) is 14.4 Å². The molecule has 2 unspecified atom stereocenters. The molecular weight excluding hydrogens is 529 g/mol. The summed E-state index contributed by atoms with van der Waals surface area (Å²) in [4.78, 5) is 45.1. The molecule has 4 aliphatic heterocycles. The highest BCUT2D eigenvalue weighted by Crippen LogP contribution is 2.43. The van der Waals surface area contributed by atoms with Gasteiger partial charge in [0.1, 0.15) is 23.5 Å². The van der Waals surface area contributed by atoms with Crippen LogP contribution >= 0.6 is 0 Å². The second-order valence-electron chi connectivity index (χ2n) is 13.6. The molecule has 3 amide bonds. The number of hydrogen-bond acceptors (Lipinski definition) is 7. The van der Waals surface area contributed by atoms with Gasteiger partial charge in [-0.3, -0.25) is 19.4 Å². The Kier molecular flexibility index (Phi) is 7.38. The highest BCUT2D eigenvalue weighted by molar-refractivity contribution is 5.91. The van der Waals surface area contributed by atoms with Crippen LogP contribution in [-0.4, -0.2) is 96.9 Å². The summed E-state index contributed by atoms with van der Waals surface area (Å²) in [6.45, 7) is 10.9. The molecule has 6 rings (SSSR count). The molecule has 3 N–H and O–H groups in total. The molecule has 2 bridgehead atoms. The Morgan fingerprint density at radius 3 is 2.37 bits per heavy atom. The van der Waals surface area contributed by atoms with Gasteiger partial charge in [0.15, 0.2) is 0 Å². The smallest absolute Gasteiger partial charge is 0.411 e. The molecule has 6 atom stereocenters. The molecular formula is C30H42FN5O5. The Morgan fingerprint density at radius 1 is 1.07 bits per heavy atom. The third kappa shape index (κ3) is 5.62. The summed E-state index contributed by atoms with van der Waals surface area (Å²) in [5, 5.41) is 2.73. The third-order valence-electron chi connectivity index (χ3n) is 9.60. The number of nitrogens with one attached hydrogen (secondary N) is 1. The van der Waals surface area contributed by atoms with Gasteiger partial charge < -0.3 is 25.4 Å². The van der Waals surface area contributed by atoms with Gasteiger partial charge in [-0.2, -0.15) is 0 Å². The standard InChI is InChI=1S/C30H42FN5O5/c1-30(2,3)41-29(39)36-22-7-5-18(8-22)26(36)28(38)33-25(27(32)37)9-17-4-6-21(10-24(17)31)34-11-19-13-35(14-20(19)12-34)23-15-40-16-23/h4,6,10,18-20,22-23,25-26H,5,7-9,11-16H2,1-3H3,(H2,32,37)(H,33,38)/t18-,19?,20?,22+,25-,26-/m0/s1. The highest BCUT2D eigenvalue weighted by Gasteiger charge is 2.53. The van der Waals surface area contributed by atoms with E-state index >= 15 is 4.39 Å². The predicted octanol–water partition coefficient (Wildman–Crippen LogP) is 1.89. The van der Waals surface area contributed by atoms with Crippen LogP contribution in [0.3, 0.4) is 0 Å². The van der Waals surface area contributed by atoms with E-state index in [2.05, 4.69) is 15.1 Å². The largest absolute Gasteiger partial charge is 0.444 e. The number of ether oxygens (including phenoxy) is 2. The number of hydrogen-bond donors (Lipinski definition) is 2. The zero-order valence-corrected chi connectivity index (χ0v) is 24.2. The summed E-state index contributed by atoms with van der Waals surface area (Å²) in [6, 6.07) is 3.74. The van der Waals surface area contributed by atoms with Crippen molar-refractivity contribution in [1.82, 2.24) is 15.1 Å². The maximum absolute atomic E-state index is 15.3. The number of fused-ring (bicyclic) bond motifs is 3. The van der Waals surface area contributed by atoms with Crippen LogP contribution < -0.4 is 16.0 Å². The quantitative estimate of drug-likeness (QED) is 0.513. The molecule has 4 saturated heterocycles. The molecule has 1 saturated carbocycles. The molecule has 224 valence electrons. The summed E-state index contributed by atoms with van der Waals surface area (Å²) < 4.78 is 26.3. The zero-order valence-electron chi connectivity index (χ0n) is 24.2. The minimum absolute atomic E-state index is 0.00819. The van der Waals surface area contributed by atoms with E-state index in [4.69, 9.17) is 15.2 Å². The Hall–Kier alpha value is -2.92. The average molecular weight is 572 g/mol. The molecule has 1 aromatic carbocycles. The van der Waals surface area contributed by atoms with Gasteiger partial charge in [-0.1, -0.05) is 6.07 Å². The van der Waals surface area contributed by atoms with Crippen molar-refractivity contribution >= 4 is 23.6 Å². The van der Waals surface area contributed by atoms with E-state index in [1.165, 1.54) is 11.0 Å². The summed E-state index contributed by atoms with van der Waals surface area (Å²) >= 11 is 0. The lowest BCUT2D eigenvalue weighted by molar-refractivity contribution is -0.132. The van der Waals surface area contributed by atoms with Gasteiger partial charge in [-0.15, -0.1) is 0 Å². The molecule has 0 radical (unpaired) electrons. The topological polar surface area (TPSA) is 117 Å². The van der Waals surface area contributed by atoms with Gasteiger partial charge >= 0.3 is 6.09 Å². The fourth-order valence-electron chi connectivity index (χ4n) is 7.47. The monoisotopic (exact) mass is 571 g/mol. The highest BCUT2D eigenvalue weighted by atomic mass is 19.1. The third-order valence-corrected chi connectivity index (χ3v) is 9.60. The van der Waals surface area contributed by atoms with Gasteiger partial charge in [0.05, 0.1) is 19.3 Å². The van der Waals surface area contributed by atoms with Crippen molar-refractivity contribution in [1.29, 1.82) is 0 Å². The minimum Gasteiger partial charge on any atom is -0.444 e. The lowest BCUT2D eigenvalue weighted by Crippen LogP contribution is -2.57. The maximum Gasteiger partial charge on any atom is 0.411 e. The fraction of sp³-hybridized carbons (Fsp3) is 0.700. The maximum atomic E-state index is 15.3. The number of primary amides is 1. The van der Waals surface area contributed by atoms with Crippen LogP contribution in [0.1, 0.15) is 45.6 Å². The normalized spacial score (nSPS) is 30.3. The molecule has 1 aromatic rings. The number of carbonyl (C=O) groups is 3. The average Bonchev–Trinajstić information content (AvgIpc) is 3.62. The van der Waals surface area contributed by atoms with Crippen molar-refractivity contribution in [3.8, 4) is 0 Å². The number of anilines is 1. The van der Waals surface area contributed by atoms with Crippen LogP contribution in [0.5, 0.6) is 0 Å². The second kappa shape index (κ2) is 10.7. The van der Waals surface area contributed by atoms with Gasteiger partial charge in [-0.05, 0) is 75.5 Å². The number of likely N-dealkylation sites (tertiary alicyclic amines) is 2. The van der Waals surface area contributed by atoms with Crippen molar-refractivity contribution in [3.63, 3.8) is 0 Å². The van der Waals surface area contributed by atoms with Crippen molar-refractivity contribution in [3.05, 3.63) is 29.6 Å². The summed E-state index contributed by atoms with van der Waals surface area (Å²) in [7, 11) is 0. The minimum atomic E-state index is -1.10. The molecule has 1 aliphatic carbocycles. The number of amides is 3. The van der Waals surface area contributed by atoms with Crippen LogP contribution in [0.15, 0.2) is 18.2 Å². The van der Waals surface area contributed by atoms with Crippen LogP contribution in [0.4, 0.5) is 14.9 Å². The van der Waals surface area contributed by atoms with E-state index in [0.717, 1.165) is 64.3 Å². The van der Waals surface area contributed by atoms with Crippen molar-refractivity contribution in [2.24, 2.45) is 23.5 Å². The van der Waals surface area contributed by atoms with Crippen LogP contribution in [-0.2, 0) is 25.5 Å². The van der Waals surface area contributed by atoms with Crippen molar-refractivity contribution < 1.29 is 28.2 Å². The Bertz CT molecular complexity index is 1190. The van der Waals surface area contributed by atoms with Crippen molar-refractivity contribution in [2.75, 3.05) is 44.3 Å². The Morgan fingerprint density at radius 2 is 1.78 bits per heavy atom. The molecule has 4 heterocycles. The SMILES string of the molecule is CC(C)(C)OC(=O)N1[C@@H]2CC[C@@H](C2)[C@H]1C(=O)N[C@@H](Cc1ccc(N2CC3CN(C4COC4)CC3C2)cc1F)C(N)=O. The van der Waals surface area contributed by atoms with Gasteiger partial charge in [-0.25, -0.2) is 9.18 Å². The number of benzene rings is 1. The first-order chi connectivity index (χ1) is 19.5. The second-order valence-corrected chi connectivity index (χ2v) is 13.6. The molecule has 5 aliphatic rings. The first-order valence-electron chi connectivity index (χ1n) is 14.9. The number of rotatable bonds is 7. The van der Waals surface area contributed by atoms with Crippen LogP contribution in [0.2, 0.25) is 0 Å². The number of halogens is 1. The summed E-state index contributed by atoms with van der Waals surface area (Å²) in [6.07, 6.45) is 1.77. The first kappa shape index (κ1) is 28.2. The lowest BCUT2D eigenvalue weighted by Gasteiger charge is -2.36. The van der Waals surface area contributed by atoms with E-state index < -0.39 is 41.4 Å². The number of piperidine rings is 1. The molecule has 11 heteroatoms. The molecule has 41 heavy (non-hydrogen) atoms. The van der Waals surface area contributed by atoms with E-state index in [-0.39, 0.29) is 18.4 Å². The molecule has 5 fully saturated rings. The van der Waals surface area contributed by atoms with E-state index in [1.54, 1.807) is 26.8 Å².